The van der Waals surface area contributed by atoms with E-state index in [0.717, 1.165) is 0 Å². The molecule has 0 aliphatic rings. The van der Waals surface area contributed by atoms with Crippen molar-refractivity contribution in [1.29, 1.82) is 5.26 Å². The summed E-state index contributed by atoms with van der Waals surface area (Å²) in [5.74, 6) is 6.83. The lowest BCUT2D eigenvalue weighted by Gasteiger charge is -2.09. The van der Waals surface area contributed by atoms with E-state index in [1.54, 1.807) is 31.2 Å². The number of nitrogens with two attached hydrogens (primary N) is 1. The van der Waals surface area contributed by atoms with Gasteiger partial charge < -0.3 is 9.47 Å². The van der Waals surface area contributed by atoms with Gasteiger partial charge in [0.15, 0.2) is 0 Å². The molecule has 2 aromatic rings. The van der Waals surface area contributed by atoms with Gasteiger partial charge in [0.05, 0.1) is 18.7 Å². The Balaban J connectivity index is 2.34. The van der Waals surface area contributed by atoms with Crippen LogP contribution in [0, 0.1) is 18.3 Å². The number of nitriles is 1. The average molecular weight is 271 g/mol. The van der Waals surface area contributed by atoms with Crippen LogP contribution in [0.4, 0.5) is 5.95 Å². The maximum Gasteiger partial charge on any atom is 0.240 e. The van der Waals surface area contributed by atoms with Crippen molar-refractivity contribution in [3.8, 4) is 23.4 Å². The molecule has 20 heavy (non-hydrogen) atoms. The quantitative estimate of drug-likeness (QED) is 0.644. The van der Waals surface area contributed by atoms with Crippen molar-refractivity contribution in [2.24, 2.45) is 5.84 Å². The Hall–Kier alpha value is -2.85. The van der Waals surface area contributed by atoms with Gasteiger partial charge in [-0.2, -0.15) is 10.2 Å². The molecule has 0 amide bonds. The summed E-state index contributed by atoms with van der Waals surface area (Å²) < 4.78 is 10.7. The smallest absolute Gasteiger partial charge is 0.240 e. The second kappa shape index (κ2) is 5.86. The molecule has 0 aliphatic carbocycles. The Morgan fingerprint density at radius 2 is 1.95 bits per heavy atom. The lowest BCUT2D eigenvalue weighted by atomic mass is 10.2. The van der Waals surface area contributed by atoms with Gasteiger partial charge in [-0.1, -0.05) is 0 Å². The predicted octanol–water partition coefficient (Wildman–Crippen LogP) is 1.74. The summed E-state index contributed by atoms with van der Waals surface area (Å²) in [6, 6.07) is 8.57. The van der Waals surface area contributed by atoms with Gasteiger partial charge in [0.2, 0.25) is 11.8 Å². The Labute approximate surface area is 116 Å². The number of ether oxygens (including phenoxy) is 2. The first-order chi connectivity index (χ1) is 9.64. The molecule has 0 bridgehead atoms. The van der Waals surface area contributed by atoms with Crippen LogP contribution in [0.15, 0.2) is 24.3 Å². The molecule has 0 aliphatic heterocycles. The van der Waals surface area contributed by atoms with E-state index in [1.165, 1.54) is 7.11 Å². The summed E-state index contributed by atoms with van der Waals surface area (Å²) >= 11 is 0. The zero-order valence-electron chi connectivity index (χ0n) is 11.0. The van der Waals surface area contributed by atoms with Crippen molar-refractivity contribution >= 4 is 5.95 Å². The highest BCUT2D eigenvalue weighted by Gasteiger charge is 2.06. The molecule has 0 fully saturated rings. The summed E-state index contributed by atoms with van der Waals surface area (Å²) in [5.41, 5.74) is 3.49. The van der Waals surface area contributed by atoms with E-state index in [0.29, 0.717) is 28.6 Å². The van der Waals surface area contributed by atoms with Crippen LogP contribution in [-0.2, 0) is 0 Å². The van der Waals surface area contributed by atoms with Gasteiger partial charge in [-0.3, -0.25) is 5.43 Å². The number of aromatic nitrogens is 2. The molecule has 2 rings (SSSR count). The molecule has 1 aromatic heterocycles. The van der Waals surface area contributed by atoms with Crippen molar-refractivity contribution in [3.63, 3.8) is 0 Å². The summed E-state index contributed by atoms with van der Waals surface area (Å²) in [6.45, 7) is 1.79. The van der Waals surface area contributed by atoms with Gasteiger partial charge in [0.25, 0.3) is 0 Å². The molecule has 3 N–H and O–H groups in total. The normalized spacial score (nSPS) is 9.70. The van der Waals surface area contributed by atoms with Crippen LogP contribution in [-0.4, -0.2) is 17.1 Å². The number of hydrogen-bond donors (Lipinski definition) is 2. The monoisotopic (exact) mass is 271 g/mol. The number of aryl methyl sites for hydroxylation is 1. The zero-order valence-corrected chi connectivity index (χ0v) is 11.0. The van der Waals surface area contributed by atoms with Gasteiger partial charge >= 0.3 is 0 Å². The number of methoxy groups -OCH3 is 1. The van der Waals surface area contributed by atoms with Gasteiger partial charge in [0.1, 0.15) is 11.5 Å². The summed E-state index contributed by atoms with van der Waals surface area (Å²) in [4.78, 5) is 8.12. The Morgan fingerprint density at radius 3 is 2.60 bits per heavy atom. The molecule has 0 radical (unpaired) electrons. The fourth-order valence-electron chi connectivity index (χ4n) is 1.59. The lowest BCUT2D eigenvalue weighted by molar-refractivity contribution is 0.407. The number of nitrogen functional groups attached to an aromatic ring is 1. The molecule has 1 heterocycles. The van der Waals surface area contributed by atoms with Gasteiger partial charge in [0, 0.05) is 17.8 Å². The van der Waals surface area contributed by atoms with Crippen LogP contribution in [0.3, 0.4) is 0 Å². The first kappa shape index (κ1) is 13.6. The third-order valence-electron chi connectivity index (χ3n) is 2.43. The summed E-state index contributed by atoms with van der Waals surface area (Å²) in [5, 5.41) is 8.96. The van der Waals surface area contributed by atoms with Crippen molar-refractivity contribution in [2.45, 2.75) is 6.92 Å². The highest BCUT2D eigenvalue weighted by molar-refractivity contribution is 5.45. The number of benzene rings is 1. The number of rotatable bonds is 4. The topological polar surface area (TPSA) is 106 Å². The molecule has 7 heteroatoms. The van der Waals surface area contributed by atoms with Gasteiger partial charge in [-0.25, -0.2) is 10.8 Å². The van der Waals surface area contributed by atoms with E-state index in [-0.39, 0.29) is 5.95 Å². The number of hydrazine groups is 1. The van der Waals surface area contributed by atoms with Crippen LogP contribution in [0.5, 0.6) is 17.4 Å². The first-order valence-corrected chi connectivity index (χ1v) is 5.74. The standard InChI is InChI=1S/C13H13N5O2/c1-8-3-12(17-13(16-8)18-15)20-11-5-9(7-14)4-10(6-11)19-2/h3-6H,15H2,1-2H3,(H,16,17,18). The predicted molar refractivity (Wildman–Crippen MR) is 72.4 cm³/mol. The minimum absolute atomic E-state index is 0.253. The molecule has 7 nitrogen and oxygen atoms in total. The number of anilines is 1. The van der Waals surface area contributed by atoms with Crippen LogP contribution in [0.1, 0.15) is 11.3 Å². The minimum Gasteiger partial charge on any atom is -0.497 e. The van der Waals surface area contributed by atoms with Crippen molar-refractivity contribution in [2.75, 3.05) is 12.5 Å². The molecule has 102 valence electrons. The number of hydrogen-bond acceptors (Lipinski definition) is 7. The molecular weight excluding hydrogens is 258 g/mol. The largest absolute Gasteiger partial charge is 0.497 e. The van der Waals surface area contributed by atoms with Gasteiger partial charge in [-0.15, -0.1) is 0 Å². The molecule has 1 aromatic carbocycles. The molecule has 0 atom stereocenters. The first-order valence-electron chi connectivity index (χ1n) is 5.74. The van der Waals surface area contributed by atoms with Crippen molar-refractivity contribution in [1.82, 2.24) is 9.97 Å². The Kier molecular flexibility index (Phi) is 3.98. The highest BCUT2D eigenvalue weighted by Crippen LogP contribution is 2.26. The summed E-state index contributed by atoms with van der Waals surface area (Å²) in [7, 11) is 1.52. The van der Waals surface area contributed by atoms with E-state index in [2.05, 4.69) is 15.4 Å². The Bertz CT molecular complexity index is 666. The molecule has 0 spiro atoms. The number of nitrogens with zero attached hydrogens (tertiary/aromatic N) is 3. The van der Waals surface area contributed by atoms with Crippen LogP contribution in [0.25, 0.3) is 0 Å². The van der Waals surface area contributed by atoms with E-state index < -0.39 is 0 Å². The second-order valence-electron chi connectivity index (χ2n) is 3.93. The molecular formula is C13H13N5O2. The molecule has 0 saturated carbocycles. The van der Waals surface area contributed by atoms with Crippen LogP contribution in [0.2, 0.25) is 0 Å². The van der Waals surface area contributed by atoms with Crippen molar-refractivity contribution < 1.29 is 9.47 Å². The van der Waals surface area contributed by atoms with Gasteiger partial charge in [-0.05, 0) is 19.1 Å². The molecule has 0 saturated heterocycles. The SMILES string of the molecule is COc1cc(C#N)cc(Oc2cc(C)nc(NN)n2)c1. The molecule has 0 unspecified atom stereocenters. The lowest BCUT2D eigenvalue weighted by Crippen LogP contribution is -2.11. The fraction of sp³-hybridized carbons (Fsp3) is 0.154. The maximum absolute atomic E-state index is 8.96. The maximum atomic E-state index is 8.96. The van der Waals surface area contributed by atoms with E-state index >= 15 is 0 Å². The zero-order chi connectivity index (χ0) is 14.5. The third kappa shape index (κ3) is 3.13. The third-order valence-corrected chi connectivity index (χ3v) is 2.43. The van der Waals surface area contributed by atoms with Crippen molar-refractivity contribution in [3.05, 3.63) is 35.5 Å². The van der Waals surface area contributed by atoms with E-state index in [4.69, 9.17) is 20.6 Å². The van der Waals surface area contributed by atoms with E-state index in [9.17, 15) is 0 Å². The second-order valence-corrected chi connectivity index (χ2v) is 3.93. The van der Waals surface area contributed by atoms with E-state index in [1.807, 2.05) is 6.07 Å². The number of nitrogens with one attached hydrogen (secondary N) is 1. The minimum atomic E-state index is 0.253. The highest BCUT2D eigenvalue weighted by atomic mass is 16.5. The van der Waals surface area contributed by atoms with Crippen LogP contribution >= 0.6 is 0 Å². The fourth-order valence-corrected chi connectivity index (χ4v) is 1.59. The summed E-state index contributed by atoms with van der Waals surface area (Å²) in [6.07, 6.45) is 0. The van der Waals surface area contributed by atoms with Crippen LogP contribution < -0.4 is 20.7 Å². The average Bonchev–Trinajstić information content (AvgIpc) is 2.46. The Morgan fingerprint density at radius 1 is 1.20 bits per heavy atom.